The lowest BCUT2D eigenvalue weighted by molar-refractivity contribution is -0.118. The van der Waals surface area contributed by atoms with Crippen LogP contribution in [0.25, 0.3) is 11.4 Å². The monoisotopic (exact) mass is 245 g/mol. The van der Waals surface area contributed by atoms with Crippen LogP contribution in [0, 0.1) is 0 Å². The molecule has 0 aliphatic carbocycles. The summed E-state index contributed by atoms with van der Waals surface area (Å²) in [4.78, 5) is 15.0. The predicted octanol–water partition coefficient (Wildman–Crippen LogP) is 1.81. The molecule has 5 heteroatoms. The highest BCUT2D eigenvalue weighted by Gasteiger charge is 2.07. The maximum atomic E-state index is 10.7. The zero-order valence-electron chi connectivity index (χ0n) is 10.2. The highest BCUT2D eigenvalue weighted by atomic mass is 16.5. The Hall–Kier alpha value is -2.17. The van der Waals surface area contributed by atoms with E-state index in [-0.39, 0.29) is 5.91 Å². The van der Waals surface area contributed by atoms with E-state index in [4.69, 9.17) is 4.52 Å². The summed E-state index contributed by atoms with van der Waals surface area (Å²) >= 11 is 0. The van der Waals surface area contributed by atoms with E-state index in [1.807, 2.05) is 30.3 Å². The lowest BCUT2D eigenvalue weighted by atomic mass is 10.2. The molecule has 1 aromatic heterocycles. The molecule has 1 heterocycles. The van der Waals surface area contributed by atoms with Gasteiger partial charge in [-0.2, -0.15) is 4.98 Å². The maximum Gasteiger partial charge on any atom is 0.227 e. The molecule has 0 spiro atoms. The molecular weight excluding hydrogens is 230 g/mol. The topological polar surface area (TPSA) is 68.0 Å². The molecule has 94 valence electrons. The fourth-order valence-electron chi connectivity index (χ4n) is 1.56. The van der Waals surface area contributed by atoms with Crippen molar-refractivity contribution < 1.29 is 9.32 Å². The van der Waals surface area contributed by atoms with Gasteiger partial charge in [-0.1, -0.05) is 35.5 Å². The minimum atomic E-state index is -0.0227. The quantitative estimate of drug-likeness (QED) is 0.816. The first-order valence-electron chi connectivity index (χ1n) is 5.88. The average molecular weight is 245 g/mol. The number of hydrogen-bond acceptors (Lipinski definition) is 4. The second-order valence-electron chi connectivity index (χ2n) is 3.96. The molecule has 0 radical (unpaired) electrons. The molecule has 0 unspecified atom stereocenters. The van der Waals surface area contributed by atoms with Crippen LogP contribution in [0.4, 0.5) is 0 Å². The number of rotatable bonds is 5. The van der Waals surface area contributed by atoms with E-state index in [2.05, 4.69) is 15.5 Å². The molecule has 0 fully saturated rings. The zero-order chi connectivity index (χ0) is 12.8. The number of hydrogen-bond donors (Lipinski definition) is 1. The smallest absolute Gasteiger partial charge is 0.227 e. The van der Waals surface area contributed by atoms with Crippen LogP contribution >= 0.6 is 0 Å². The van der Waals surface area contributed by atoms with Crippen LogP contribution in [-0.2, 0) is 11.2 Å². The Labute approximate surface area is 105 Å². The molecule has 1 N–H and O–H groups in total. The van der Waals surface area contributed by atoms with Gasteiger partial charge in [-0.15, -0.1) is 0 Å². The molecule has 0 saturated heterocycles. The first-order chi connectivity index (χ1) is 8.75. The van der Waals surface area contributed by atoms with Gasteiger partial charge in [0.15, 0.2) is 0 Å². The van der Waals surface area contributed by atoms with E-state index < -0.39 is 0 Å². The van der Waals surface area contributed by atoms with Gasteiger partial charge in [0.2, 0.25) is 17.6 Å². The fraction of sp³-hybridized carbons (Fsp3) is 0.308. The molecule has 0 aliphatic rings. The van der Waals surface area contributed by atoms with E-state index in [9.17, 15) is 4.79 Å². The molecule has 2 rings (SSSR count). The number of amides is 1. The van der Waals surface area contributed by atoms with E-state index in [0.717, 1.165) is 12.0 Å². The van der Waals surface area contributed by atoms with Crippen molar-refractivity contribution in [1.82, 2.24) is 15.5 Å². The van der Waals surface area contributed by atoms with Crippen LogP contribution in [0.1, 0.15) is 19.2 Å². The largest absolute Gasteiger partial charge is 0.356 e. The van der Waals surface area contributed by atoms with E-state index in [0.29, 0.717) is 24.7 Å². The molecule has 0 bridgehead atoms. The van der Waals surface area contributed by atoms with E-state index >= 15 is 0 Å². The molecule has 0 atom stereocenters. The fourth-order valence-corrected chi connectivity index (χ4v) is 1.56. The van der Waals surface area contributed by atoms with Crippen LogP contribution in [0.2, 0.25) is 0 Å². The Kier molecular flexibility index (Phi) is 4.06. The van der Waals surface area contributed by atoms with Crippen molar-refractivity contribution in [3.63, 3.8) is 0 Å². The van der Waals surface area contributed by atoms with E-state index in [1.54, 1.807) is 0 Å². The van der Waals surface area contributed by atoms with Gasteiger partial charge in [0.25, 0.3) is 0 Å². The summed E-state index contributed by atoms with van der Waals surface area (Å²) in [6.45, 7) is 2.12. The number of carbonyl (C=O) groups is 1. The van der Waals surface area contributed by atoms with E-state index in [1.165, 1.54) is 6.92 Å². The molecule has 2 aromatic rings. The zero-order valence-corrected chi connectivity index (χ0v) is 10.2. The van der Waals surface area contributed by atoms with Gasteiger partial charge in [0.05, 0.1) is 0 Å². The molecule has 1 aromatic carbocycles. The van der Waals surface area contributed by atoms with Crippen LogP contribution in [0.15, 0.2) is 34.9 Å². The molecule has 1 amide bonds. The molecule has 0 saturated carbocycles. The maximum absolute atomic E-state index is 10.7. The molecule has 5 nitrogen and oxygen atoms in total. The lowest BCUT2D eigenvalue weighted by Gasteiger charge is -1.98. The minimum Gasteiger partial charge on any atom is -0.356 e. The first kappa shape index (κ1) is 12.3. The summed E-state index contributed by atoms with van der Waals surface area (Å²) in [5.74, 6) is 1.18. The van der Waals surface area contributed by atoms with Gasteiger partial charge in [-0.25, -0.2) is 0 Å². The Bertz CT molecular complexity index is 508. The van der Waals surface area contributed by atoms with Crippen molar-refractivity contribution >= 4 is 5.91 Å². The minimum absolute atomic E-state index is 0.0227. The summed E-state index contributed by atoms with van der Waals surface area (Å²) in [6.07, 6.45) is 1.45. The Balaban J connectivity index is 1.89. The third-order valence-electron chi connectivity index (χ3n) is 2.44. The van der Waals surface area contributed by atoms with Crippen molar-refractivity contribution in [3.05, 3.63) is 36.2 Å². The normalized spacial score (nSPS) is 10.3. The molecule has 0 aliphatic heterocycles. The number of nitrogens with zero attached hydrogens (tertiary/aromatic N) is 2. The summed E-state index contributed by atoms with van der Waals surface area (Å²) in [5, 5.41) is 6.65. The Morgan fingerprint density at radius 2 is 2.11 bits per heavy atom. The summed E-state index contributed by atoms with van der Waals surface area (Å²) in [6, 6.07) is 9.68. The lowest BCUT2D eigenvalue weighted by Crippen LogP contribution is -2.21. The number of benzene rings is 1. The average Bonchev–Trinajstić information content (AvgIpc) is 2.84. The van der Waals surface area contributed by atoms with Gasteiger partial charge in [-0.3, -0.25) is 4.79 Å². The Morgan fingerprint density at radius 1 is 1.33 bits per heavy atom. The van der Waals surface area contributed by atoms with Crippen LogP contribution in [0.3, 0.4) is 0 Å². The SMILES string of the molecule is CC(=O)NCCCc1nc(-c2ccccc2)no1. The second-order valence-corrected chi connectivity index (χ2v) is 3.96. The van der Waals surface area contributed by atoms with Crippen molar-refractivity contribution in [2.75, 3.05) is 6.54 Å². The molecular formula is C13H15N3O2. The van der Waals surface area contributed by atoms with Crippen molar-refractivity contribution in [2.24, 2.45) is 0 Å². The third kappa shape index (κ3) is 3.41. The van der Waals surface area contributed by atoms with Crippen molar-refractivity contribution in [1.29, 1.82) is 0 Å². The van der Waals surface area contributed by atoms with Crippen molar-refractivity contribution in [3.8, 4) is 11.4 Å². The van der Waals surface area contributed by atoms with Gasteiger partial charge in [0.1, 0.15) is 0 Å². The second kappa shape index (κ2) is 5.95. The highest BCUT2D eigenvalue weighted by molar-refractivity contribution is 5.72. The summed E-state index contributed by atoms with van der Waals surface area (Å²) in [7, 11) is 0. The van der Waals surface area contributed by atoms with Crippen molar-refractivity contribution in [2.45, 2.75) is 19.8 Å². The number of aryl methyl sites for hydroxylation is 1. The molecule has 18 heavy (non-hydrogen) atoms. The summed E-state index contributed by atoms with van der Waals surface area (Å²) in [5.41, 5.74) is 0.939. The van der Waals surface area contributed by atoms with Crippen LogP contribution < -0.4 is 5.32 Å². The van der Waals surface area contributed by atoms with Gasteiger partial charge < -0.3 is 9.84 Å². The Morgan fingerprint density at radius 3 is 2.83 bits per heavy atom. The predicted molar refractivity (Wildman–Crippen MR) is 66.7 cm³/mol. The van der Waals surface area contributed by atoms with Gasteiger partial charge in [-0.05, 0) is 6.42 Å². The van der Waals surface area contributed by atoms with Gasteiger partial charge in [0, 0.05) is 25.5 Å². The standard InChI is InChI=1S/C13H15N3O2/c1-10(17)14-9-5-8-12-15-13(16-18-12)11-6-3-2-4-7-11/h2-4,6-7H,5,8-9H2,1H3,(H,14,17). The first-order valence-corrected chi connectivity index (χ1v) is 5.88. The van der Waals surface area contributed by atoms with Crippen LogP contribution in [0.5, 0.6) is 0 Å². The summed E-state index contributed by atoms with van der Waals surface area (Å²) < 4.78 is 5.15. The number of aromatic nitrogens is 2. The highest BCUT2D eigenvalue weighted by Crippen LogP contribution is 2.15. The van der Waals surface area contributed by atoms with Gasteiger partial charge >= 0.3 is 0 Å². The third-order valence-corrected chi connectivity index (χ3v) is 2.44. The van der Waals surface area contributed by atoms with Crippen LogP contribution in [-0.4, -0.2) is 22.6 Å². The number of nitrogens with one attached hydrogen (secondary N) is 1. The number of carbonyl (C=O) groups excluding carboxylic acids is 1.